The number of hydrogen-bond acceptors (Lipinski definition) is 2. The van der Waals surface area contributed by atoms with Gasteiger partial charge in [0.25, 0.3) is 0 Å². The first-order valence-electron chi connectivity index (χ1n) is 7.12. The van der Waals surface area contributed by atoms with Crippen LogP contribution in [0.1, 0.15) is 25.3 Å². The van der Waals surface area contributed by atoms with Crippen LogP contribution in [0.25, 0.3) is 0 Å². The molecule has 0 aliphatic carbocycles. The topological polar surface area (TPSA) is 32.3 Å². The molecule has 0 bridgehead atoms. The second-order valence-corrected chi connectivity index (χ2v) is 5.80. The molecule has 1 heterocycles. The summed E-state index contributed by atoms with van der Waals surface area (Å²) in [5.74, 6) is 0.274. The third kappa shape index (κ3) is 3.57. The van der Waals surface area contributed by atoms with E-state index in [0.29, 0.717) is 0 Å². The van der Waals surface area contributed by atoms with Crippen LogP contribution in [0.5, 0.6) is 0 Å². The Labute approximate surface area is 116 Å². The Balaban J connectivity index is 1.88. The van der Waals surface area contributed by atoms with Crippen LogP contribution in [0.15, 0.2) is 30.3 Å². The minimum atomic E-state index is -0.219. The number of nitrogens with one attached hydrogen (secondary N) is 1. The van der Waals surface area contributed by atoms with Gasteiger partial charge in [0.05, 0.1) is 5.41 Å². The summed E-state index contributed by atoms with van der Waals surface area (Å²) in [5, 5.41) is 3.34. The van der Waals surface area contributed by atoms with Crippen LogP contribution in [0.2, 0.25) is 0 Å². The number of piperidine rings is 1. The molecule has 1 N–H and O–H groups in total. The summed E-state index contributed by atoms with van der Waals surface area (Å²) in [6, 6.07) is 10.3. The summed E-state index contributed by atoms with van der Waals surface area (Å²) in [7, 11) is 1.92. The monoisotopic (exact) mass is 260 g/mol. The summed E-state index contributed by atoms with van der Waals surface area (Å²) < 4.78 is 0. The van der Waals surface area contributed by atoms with E-state index < -0.39 is 0 Å². The van der Waals surface area contributed by atoms with Gasteiger partial charge in [0, 0.05) is 20.1 Å². The van der Waals surface area contributed by atoms with E-state index in [1.54, 1.807) is 0 Å². The van der Waals surface area contributed by atoms with Gasteiger partial charge in [0.1, 0.15) is 0 Å². The van der Waals surface area contributed by atoms with Gasteiger partial charge in [-0.25, -0.2) is 0 Å². The van der Waals surface area contributed by atoms with Gasteiger partial charge in [-0.3, -0.25) is 4.79 Å². The van der Waals surface area contributed by atoms with Crippen LogP contribution in [-0.2, 0) is 11.2 Å². The molecular weight excluding hydrogens is 236 g/mol. The molecule has 1 saturated heterocycles. The molecule has 0 spiro atoms. The van der Waals surface area contributed by atoms with Crippen molar-refractivity contribution >= 4 is 5.91 Å². The van der Waals surface area contributed by atoms with Crippen molar-refractivity contribution in [3.05, 3.63) is 35.9 Å². The summed E-state index contributed by atoms with van der Waals surface area (Å²) in [6.07, 6.45) is 3.01. The van der Waals surface area contributed by atoms with Crippen LogP contribution < -0.4 is 5.32 Å². The highest BCUT2D eigenvalue weighted by molar-refractivity contribution is 5.82. The van der Waals surface area contributed by atoms with Gasteiger partial charge in [-0.1, -0.05) is 30.3 Å². The van der Waals surface area contributed by atoms with Crippen molar-refractivity contribution in [3.8, 4) is 0 Å². The molecule has 3 nitrogen and oxygen atoms in total. The van der Waals surface area contributed by atoms with Gasteiger partial charge in [0.2, 0.25) is 5.91 Å². The normalized spacial score (nSPS) is 23.1. The number of likely N-dealkylation sites (N-methyl/N-ethyl adjacent to an activating group) is 1. The second kappa shape index (κ2) is 6.20. The third-order valence-electron chi connectivity index (χ3n) is 4.04. The van der Waals surface area contributed by atoms with E-state index in [1.165, 1.54) is 5.56 Å². The number of benzene rings is 1. The first kappa shape index (κ1) is 14.1. The highest BCUT2D eigenvalue weighted by Crippen LogP contribution is 2.27. The number of carbonyl (C=O) groups excluding carboxylic acids is 1. The zero-order valence-corrected chi connectivity index (χ0v) is 12.0. The predicted octanol–water partition coefficient (Wildman–Crippen LogP) is 2.08. The SMILES string of the molecule is CN(CCc1ccccc1)C(=O)C1(C)CCCNC1. The predicted molar refractivity (Wildman–Crippen MR) is 78.0 cm³/mol. The van der Waals surface area contributed by atoms with Crippen LogP contribution in [0.4, 0.5) is 0 Å². The molecule has 1 aliphatic heterocycles. The maximum Gasteiger partial charge on any atom is 0.229 e. The first-order valence-corrected chi connectivity index (χ1v) is 7.12. The molecule has 104 valence electrons. The van der Waals surface area contributed by atoms with Gasteiger partial charge in [-0.2, -0.15) is 0 Å². The summed E-state index contributed by atoms with van der Waals surface area (Å²) in [5.41, 5.74) is 1.07. The highest BCUT2D eigenvalue weighted by atomic mass is 16.2. The fraction of sp³-hybridized carbons (Fsp3) is 0.562. The van der Waals surface area contributed by atoms with Crippen LogP contribution >= 0.6 is 0 Å². The van der Waals surface area contributed by atoms with E-state index in [2.05, 4.69) is 24.4 Å². The minimum absolute atomic E-state index is 0.219. The summed E-state index contributed by atoms with van der Waals surface area (Å²) in [4.78, 5) is 14.4. The average Bonchev–Trinajstić information content (AvgIpc) is 2.46. The van der Waals surface area contributed by atoms with Crippen LogP contribution in [0, 0.1) is 5.41 Å². The molecule has 0 radical (unpaired) electrons. The van der Waals surface area contributed by atoms with E-state index >= 15 is 0 Å². The first-order chi connectivity index (χ1) is 9.12. The lowest BCUT2D eigenvalue weighted by Gasteiger charge is -2.36. The van der Waals surface area contributed by atoms with E-state index in [1.807, 2.05) is 30.1 Å². The molecule has 19 heavy (non-hydrogen) atoms. The molecule has 0 aromatic heterocycles. The molecular formula is C16H24N2O. The van der Waals surface area contributed by atoms with Crippen molar-refractivity contribution < 1.29 is 4.79 Å². The zero-order chi connectivity index (χ0) is 13.7. The van der Waals surface area contributed by atoms with Gasteiger partial charge < -0.3 is 10.2 Å². The molecule has 3 heteroatoms. The third-order valence-corrected chi connectivity index (χ3v) is 4.04. The Kier molecular flexibility index (Phi) is 4.59. The second-order valence-electron chi connectivity index (χ2n) is 5.80. The van der Waals surface area contributed by atoms with Crippen LogP contribution in [-0.4, -0.2) is 37.5 Å². The maximum atomic E-state index is 12.5. The van der Waals surface area contributed by atoms with Gasteiger partial charge in [-0.05, 0) is 38.3 Å². The highest BCUT2D eigenvalue weighted by Gasteiger charge is 2.36. The van der Waals surface area contributed by atoms with Crippen molar-refractivity contribution in [2.45, 2.75) is 26.2 Å². The van der Waals surface area contributed by atoms with Crippen LogP contribution in [0.3, 0.4) is 0 Å². The molecule has 1 atom stereocenters. The molecule has 1 fully saturated rings. The van der Waals surface area contributed by atoms with E-state index in [0.717, 1.165) is 38.9 Å². The summed E-state index contributed by atoms with van der Waals surface area (Å²) in [6.45, 7) is 4.72. The van der Waals surface area contributed by atoms with Gasteiger partial charge >= 0.3 is 0 Å². The Morgan fingerprint density at radius 1 is 1.37 bits per heavy atom. The molecule has 1 aliphatic rings. The lowest BCUT2D eigenvalue weighted by molar-refractivity contribution is -0.140. The number of amides is 1. The number of carbonyl (C=O) groups is 1. The number of nitrogens with zero attached hydrogens (tertiary/aromatic N) is 1. The maximum absolute atomic E-state index is 12.5. The lowest BCUT2D eigenvalue weighted by Crippen LogP contribution is -2.49. The lowest BCUT2D eigenvalue weighted by atomic mass is 9.81. The summed E-state index contributed by atoms with van der Waals surface area (Å²) >= 11 is 0. The molecule has 1 amide bonds. The van der Waals surface area contributed by atoms with Crippen molar-refractivity contribution in [1.82, 2.24) is 10.2 Å². The number of rotatable bonds is 4. The van der Waals surface area contributed by atoms with Gasteiger partial charge in [-0.15, -0.1) is 0 Å². The Hall–Kier alpha value is -1.35. The van der Waals surface area contributed by atoms with Crippen molar-refractivity contribution in [1.29, 1.82) is 0 Å². The fourth-order valence-electron chi connectivity index (χ4n) is 2.74. The smallest absolute Gasteiger partial charge is 0.229 e. The van der Waals surface area contributed by atoms with Crippen molar-refractivity contribution in [2.75, 3.05) is 26.7 Å². The molecule has 1 unspecified atom stereocenters. The standard InChI is InChI=1S/C16H24N2O/c1-16(10-6-11-17-13-16)15(19)18(2)12-9-14-7-4-3-5-8-14/h3-5,7-8,17H,6,9-13H2,1-2H3. The fourth-order valence-corrected chi connectivity index (χ4v) is 2.74. The Morgan fingerprint density at radius 3 is 2.74 bits per heavy atom. The van der Waals surface area contributed by atoms with E-state index in [9.17, 15) is 4.79 Å². The minimum Gasteiger partial charge on any atom is -0.345 e. The van der Waals surface area contributed by atoms with Crippen molar-refractivity contribution in [2.24, 2.45) is 5.41 Å². The largest absolute Gasteiger partial charge is 0.345 e. The number of hydrogen-bond donors (Lipinski definition) is 1. The molecule has 0 saturated carbocycles. The van der Waals surface area contributed by atoms with E-state index in [-0.39, 0.29) is 11.3 Å². The Morgan fingerprint density at radius 2 is 2.11 bits per heavy atom. The Bertz CT molecular complexity index is 410. The molecule has 1 aromatic rings. The van der Waals surface area contributed by atoms with Gasteiger partial charge in [0.15, 0.2) is 0 Å². The molecule has 2 rings (SSSR count). The van der Waals surface area contributed by atoms with E-state index in [4.69, 9.17) is 0 Å². The zero-order valence-electron chi connectivity index (χ0n) is 12.0. The average molecular weight is 260 g/mol. The molecule has 1 aromatic carbocycles. The quantitative estimate of drug-likeness (QED) is 0.899. The van der Waals surface area contributed by atoms with Crippen molar-refractivity contribution in [3.63, 3.8) is 0 Å².